The van der Waals surface area contributed by atoms with Crippen LogP contribution in [-0.4, -0.2) is 38.3 Å². The van der Waals surface area contributed by atoms with Gasteiger partial charge in [-0.3, -0.25) is 9.59 Å². The van der Waals surface area contributed by atoms with Crippen LogP contribution in [0.1, 0.15) is 19.4 Å². The standard InChI is InChI=1S/C22H24N2O3S/c1-14(2)28-20-19(17-8-6-7-9-18(17)27-5)21(25)24(22(20)26)16-12-10-15(11-13-16)23(3)4/h6-14H,1-5H3. The Hall–Kier alpha value is -2.73. The highest BCUT2D eigenvalue weighted by molar-refractivity contribution is 8.04. The summed E-state index contributed by atoms with van der Waals surface area (Å²) in [5, 5.41) is 0.160. The van der Waals surface area contributed by atoms with E-state index in [-0.39, 0.29) is 17.1 Å². The van der Waals surface area contributed by atoms with Gasteiger partial charge in [0, 0.05) is 30.6 Å². The van der Waals surface area contributed by atoms with E-state index in [2.05, 4.69) is 0 Å². The van der Waals surface area contributed by atoms with Crippen LogP contribution in [0.15, 0.2) is 53.4 Å². The van der Waals surface area contributed by atoms with E-state index in [4.69, 9.17) is 4.74 Å². The number of carbonyl (C=O) groups excluding carboxylic acids is 2. The number of methoxy groups -OCH3 is 1. The molecule has 0 aromatic heterocycles. The summed E-state index contributed by atoms with van der Waals surface area (Å²) >= 11 is 1.41. The summed E-state index contributed by atoms with van der Waals surface area (Å²) in [4.78, 5) is 30.3. The number of thioether (sulfide) groups is 1. The molecule has 0 bridgehead atoms. The van der Waals surface area contributed by atoms with Gasteiger partial charge in [-0.1, -0.05) is 32.0 Å². The van der Waals surface area contributed by atoms with Gasteiger partial charge in [-0.05, 0) is 30.3 Å². The van der Waals surface area contributed by atoms with Crippen LogP contribution in [0.2, 0.25) is 0 Å². The van der Waals surface area contributed by atoms with Crippen molar-refractivity contribution in [1.29, 1.82) is 0 Å². The quantitative estimate of drug-likeness (QED) is 0.686. The summed E-state index contributed by atoms with van der Waals surface area (Å²) in [6.45, 7) is 4.01. The second-order valence-electron chi connectivity index (χ2n) is 6.93. The predicted octanol–water partition coefficient (Wildman–Crippen LogP) is 4.19. The van der Waals surface area contributed by atoms with Crippen molar-refractivity contribution in [3.8, 4) is 5.75 Å². The molecule has 1 aliphatic heterocycles. The molecule has 1 heterocycles. The molecule has 0 unspecified atom stereocenters. The van der Waals surface area contributed by atoms with Crippen LogP contribution in [0, 0.1) is 0 Å². The SMILES string of the molecule is COc1ccccc1C1=C(SC(C)C)C(=O)N(c2ccc(N(C)C)cc2)C1=O. The third-order valence-electron chi connectivity index (χ3n) is 4.40. The number of para-hydroxylation sites is 1. The Balaban J connectivity index is 2.09. The third-order valence-corrected chi connectivity index (χ3v) is 5.48. The minimum Gasteiger partial charge on any atom is -0.496 e. The number of ether oxygens (including phenoxy) is 1. The van der Waals surface area contributed by atoms with E-state index < -0.39 is 0 Å². The first-order valence-corrected chi connectivity index (χ1v) is 9.93. The number of benzene rings is 2. The number of amides is 2. The number of imide groups is 1. The molecule has 2 amide bonds. The van der Waals surface area contributed by atoms with Gasteiger partial charge >= 0.3 is 0 Å². The molecule has 5 nitrogen and oxygen atoms in total. The molecular formula is C22H24N2O3S. The summed E-state index contributed by atoms with van der Waals surface area (Å²) in [5.41, 5.74) is 2.60. The van der Waals surface area contributed by atoms with E-state index in [1.807, 2.05) is 63.2 Å². The van der Waals surface area contributed by atoms with Crippen LogP contribution < -0.4 is 14.5 Å². The molecule has 2 aromatic rings. The van der Waals surface area contributed by atoms with Crippen molar-refractivity contribution in [2.24, 2.45) is 0 Å². The van der Waals surface area contributed by atoms with Gasteiger partial charge in [-0.2, -0.15) is 0 Å². The Morgan fingerprint density at radius 2 is 1.61 bits per heavy atom. The van der Waals surface area contributed by atoms with E-state index in [9.17, 15) is 9.59 Å². The van der Waals surface area contributed by atoms with Crippen LogP contribution >= 0.6 is 11.8 Å². The Kier molecular flexibility index (Phi) is 5.79. The summed E-state index contributed by atoms with van der Waals surface area (Å²) in [5.74, 6) is -0.0391. The molecule has 1 aliphatic rings. The zero-order valence-electron chi connectivity index (χ0n) is 16.7. The topological polar surface area (TPSA) is 49.9 Å². The Morgan fingerprint density at radius 1 is 0.964 bits per heavy atom. The van der Waals surface area contributed by atoms with Gasteiger partial charge in [0.1, 0.15) is 5.75 Å². The summed E-state index contributed by atoms with van der Waals surface area (Å²) in [6.07, 6.45) is 0. The molecule has 0 fully saturated rings. The van der Waals surface area contributed by atoms with E-state index in [0.29, 0.717) is 27.5 Å². The maximum absolute atomic E-state index is 13.4. The average molecular weight is 397 g/mol. The Labute approximate surface area is 170 Å². The van der Waals surface area contributed by atoms with E-state index >= 15 is 0 Å². The van der Waals surface area contributed by atoms with Crippen molar-refractivity contribution in [3.05, 3.63) is 59.0 Å². The highest BCUT2D eigenvalue weighted by atomic mass is 32.2. The Morgan fingerprint density at radius 3 is 2.18 bits per heavy atom. The highest BCUT2D eigenvalue weighted by Crippen LogP contribution is 2.42. The number of anilines is 2. The summed E-state index contributed by atoms with van der Waals surface area (Å²) < 4.78 is 5.45. The van der Waals surface area contributed by atoms with Gasteiger partial charge in [-0.15, -0.1) is 11.8 Å². The Bertz CT molecular complexity index is 933. The van der Waals surface area contributed by atoms with Crippen molar-refractivity contribution < 1.29 is 14.3 Å². The first-order valence-electron chi connectivity index (χ1n) is 9.05. The van der Waals surface area contributed by atoms with E-state index in [1.54, 1.807) is 25.3 Å². The number of carbonyl (C=O) groups is 2. The van der Waals surface area contributed by atoms with Crippen LogP contribution in [0.4, 0.5) is 11.4 Å². The van der Waals surface area contributed by atoms with Gasteiger partial charge < -0.3 is 9.64 Å². The second kappa shape index (κ2) is 8.10. The minimum absolute atomic E-state index is 0.160. The number of rotatable bonds is 6. The number of hydrogen-bond acceptors (Lipinski definition) is 5. The number of hydrogen-bond donors (Lipinski definition) is 0. The van der Waals surface area contributed by atoms with Gasteiger partial charge in [0.25, 0.3) is 11.8 Å². The van der Waals surface area contributed by atoms with Crippen LogP contribution in [0.5, 0.6) is 5.75 Å². The van der Waals surface area contributed by atoms with Gasteiger partial charge in [0.15, 0.2) is 0 Å². The smallest absolute Gasteiger partial charge is 0.272 e. The minimum atomic E-state index is -0.324. The fourth-order valence-electron chi connectivity index (χ4n) is 3.08. The molecular weight excluding hydrogens is 372 g/mol. The monoisotopic (exact) mass is 396 g/mol. The predicted molar refractivity (Wildman–Crippen MR) is 116 cm³/mol. The fourth-order valence-corrected chi connectivity index (χ4v) is 4.06. The average Bonchev–Trinajstić information content (AvgIpc) is 2.91. The molecule has 0 atom stereocenters. The maximum Gasteiger partial charge on any atom is 0.272 e. The summed E-state index contributed by atoms with van der Waals surface area (Å²) in [6, 6.07) is 14.7. The van der Waals surface area contributed by atoms with Gasteiger partial charge in [0.05, 0.1) is 23.3 Å². The lowest BCUT2D eigenvalue weighted by atomic mass is 10.0. The zero-order chi connectivity index (χ0) is 20.4. The van der Waals surface area contributed by atoms with Crippen LogP contribution in [0.3, 0.4) is 0 Å². The molecule has 0 saturated carbocycles. The van der Waals surface area contributed by atoms with Crippen molar-refractivity contribution in [2.75, 3.05) is 31.0 Å². The van der Waals surface area contributed by atoms with Gasteiger partial charge in [-0.25, -0.2) is 4.90 Å². The van der Waals surface area contributed by atoms with Crippen molar-refractivity contribution >= 4 is 40.5 Å². The van der Waals surface area contributed by atoms with Gasteiger partial charge in [0.2, 0.25) is 0 Å². The van der Waals surface area contributed by atoms with Crippen molar-refractivity contribution in [2.45, 2.75) is 19.1 Å². The fraction of sp³-hybridized carbons (Fsp3) is 0.273. The van der Waals surface area contributed by atoms with E-state index in [0.717, 1.165) is 5.69 Å². The lowest BCUT2D eigenvalue weighted by molar-refractivity contribution is -0.119. The molecule has 6 heteroatoms. The molecule has 0 radical (unpaired) electrons. The molecule has 0 spiro atoms. The molecule has 3 rings (SSSR count). The molecule has 28 heavy (non-hydrogen) atoms. The maximum atomic E-state index is 13.4. The molecule has 146 valence electrons. The molecule has 0 N–H and O–H groups in total. The lowest BCUT2D eigenvalue weighted by Crippen LogP contribution is -2.31. The zero-order valence-corrected chi connectivity index (χ0v) is 17.5. The summed E-state index contributed by atoms with van der Waals surface area (Å²) in [7, 11) is 5.45. The van der Waals surface area contributed by atoms with Crippen molar-refractivity contribution in [1.82, 2.24) is 0 Å². The number of nitrogens with zero attached hydrogens (tertiary/aromatic N) is 2. The van der Waals surface area contributed by atoms with Crippen molar-refractivity contribution in [3.63, 3.8) is 0 Å². The lowest BCUT2D eigenvalue weighted by Gasteiger charge is -2.18. The molecule has 0 aliphatic carbocycles. The third kappa shape index (κ3) is 3.64. The second-order valence-corrected chi connectivity index (χ2v) is 8.51. The van der Waals surface area contributed by atoms with Crippen LogP contribution in [-0.2, 0) is 9.59 Å². The van der Waals surface area contributed by atoms with E-state index in [1.165, 1.54) is 16.7 Å². The molecule has 2 aromatic carbocycles. The van der Waals surface area contributed by atoms with Crippen LogP contribution in [0.25, 0.3) is 5.57 Å². The largest absolute Gasteiger partial charge is 0.496 e. The first-order chi connectivity index (χ1) is 13.3. The highest BCUT2D eigenvalue weighted by Gasteiger charge is 2.41. The molecule has 0 saturated heterocycles. The first kappa shape index (κ1) is 20.0. The normalized spacial score (nSPS) is 14.3.